The van der Waals surface area contributed by atoms with Crippen molar-refractivity contribution >= 4 is 34.3 Å². The van der Waals surface area contributed by atoms with Crippen LogP contribution < -0.4 is 0 Å². The minimum atomic E-state index is -0.551. The molecule has 0 aliphatic rings. The normalized spacial score (nSPS) is 11.8. The van der Waals surface area contributed by atoms with Gasteiger partial charge in [0.2, 0.25) is 0 Å². The van der Waals surface area contributed by atoms with Crippen LogP contribution >= 0.6 is 11.8 Å². The van der Waals surface area contributed by atoms with Crippen LogP contribution in [-0.2, 0) is 11.8 Å². The predicted octanol–water partition coefficient (Wildman–Crippen LogP) is 4.33. The number of nitrogens with zero attached hydrogens (tertiary/aromatic N) is 3. The molecule has 0 saturated heterocycles. The van der Waals surface area contributed by atoms with Crippen molar-refractivity contribution in [2.75, 3.05) is 12.4 Å². The molecule has 3 rings (SSSR count). The number of para-hydroxylation sites is 2. The number of hydrogen-bond acceptors (Lipinski definition) is 6. The summed E-state index contributed by atoms with van der Waals surface area (Å²) in [5.74, 6) is 0.250. The van der Waals surface area contributed by atoms with Crippen LogP contribution in [0, 0.1) is 11.3 Å². The van der Waals surface area contributed by atoms with Gasteiger partial charge in [0.15, 0.2) is 11.6 Å². The summed E-state index contributed by atoms with van der Waals surface area (Å²) in [6, 6.07) is 16.5. The number of imidazole rings is 1. The van der Waals surface area contributed by atoms with Crippen molar-refractivity contribution < 1.29 is 14.6 Å². The maximum atomic E-state index is 12.4. The molecule has 3 aromatic rings. The van der Waals surface area contributed by atoms with Crippen molar-refractivity contribution in [1.29, 1.82) is 5.26 Å². The van der Waals surface area contributed by atoms with E-state index < -0.39 is 12.6 Å². The van der Waals surface area contributed by atoms with Crippen LogP contribution in [0.25, 0.3) is 16.6 Å². The Kier molecular flexibility index (Phi) is 6.02. The molecule has 142 valence electrons. The number of carbonyl (C=O) groups is 1. The van der Waals surface area contributed by atoms with Gasteiger partial charge in [0, 0.05) is 11.9 Å². The van der Waals surface area contributed by atoms with Gasteiger partial charge in [0.1, 0.15) is 18.2 Å². The van der Waals surface area contributed by atoms with Crippen LogP contribution in [0.3, 0.4) is 0 Å². The third-order valence-electron chi connectivity index (χ3n) is 4.16. The average molecular weight is 393 g/mol. The molecule has 2 aromatic carbocycles. The zero-order chi connectivity index (χ0) is 20.1. The van der Waals surface area contributed by atoms with Crippen LogP contribution in [0.5, 0.6) is 0 Å². The molecule has 0 fully saturated rings. The van der Waals surface area contributed by atoms with E-state index in [0.717, 1.165) is 16.2 Å². The molecule has 0 aliphatic heterocycles. The molecule has 0 unspecified atom stereocenters. The monoisotopic (exact) mass is 393 g/mol. The number of aromatic nitrogens is 2. The second-order valence-corrected chi connectivity index (χ2v) is 7.23. The third-order valence-corrected chi connectivity index (χ3v) is 5.11. The first-order chi connectivity index (χ1) is 13.6. The molecular formula is C21H19N3O3S. The topological polar surface area (TPSA) is 88.1 Å². The lowest BCUT2D eigenvalue weighted by atomic mass is 10.2. The summed E-state index contributed by atoms with van der Waals surface area (Å²) in [6.07, 6.45) is 0. The van der Waals surface area contributed by atoms with Crippen LogP contribution in [-0.4, -0.2) is 33.0 Å². The minimum absolute atomic E-state index is 0.0253. The fourth-order valence-electron chi connectivity index (χ4n) is 2.81. The van der Waals surface area contributed by atoms with Gasteiger partial charge in [0.25, 0.3) is 0 Å². The number of rotatable bonds is 6. The lowest BCUT2D eigenvalue weighted by Crippen LogP contribution is -2.11. The van der Waals surface area contributed by atoms with Gasteiger partial charge in [-0.05, 0) is 30.0 Å². The summed E-state index contributed by atoms with van der Waals surface area (Å²) in [5, 5.41) is 19.9. The summed E-state index contributed by atoms with van der Waals surface area (Å²) in [6.45, 7) is 1.59. The molecule has 1 N–H and O–H groups in total. The van der Waals surface area contributed by atoms with Crippen LogP contribution in [0.4, 0.5) is 0 Å². The van der Waals surface area contributed by atoms with Crippen LogP contribution in [0.15, 0.2) is 59.2 Å². The minimum Gasteiger partial charge on any atom is -0.507 e. The number of aliphatic hydroxyl groups excluding tert-OH is 1. The van der Waals surface area contributed by atoms with Gasteiger partial charge in [-0.15, -0.1) is 11.8 Å². The Bertz CT molecular complexity index is 1100. The maximum absolute atomic E-state index is 12.4. The van der Waals surface area contributed by atoms with Crippen molar-refractivity contribution in [3.63, 3.8) is 0 Å². The van der Waals surface area contributed by atoms with Gasteiger partial charge < -0.3 is 14.4 Å². The number of ether oxygens (including phenoxy) is 1. The number of thioether (sulfide) groups is 1. The molecule has 6 nitrogen and oxygen atoms in total. The number of carbonyl (C=O) groups excluding carboxylic acids is 1. The van der Waals surface area contributed by atoms with Crippen molar-refractivity contribution in [3.8, 4) is 6.07 Å². The van der Waals surface area contributed by atoms with E-state index in [1.54, 1.807) is 23.7 Å². The standard InChI is InChI=1S/C21H19N3O3S/c1-3-28-19-11-7-4-8-14(19)21(26)27-13-18(25)15(12-22)20-23-16-9-5-6-10-17(16)24(20)2/h4-11,25H,3,13H2,1-2H3/b18-15-. The molecule has 7 heteroatoms. The fourth-order valence-corrected chi connectivity index (χ4v) is 3.61. The molecule has 0 amide bonds. The van der Waals surface area contributed by atoms with Gasteiger partial charge in [-0.25, -0.2) is 9.78 Å². The van der Waals surface area contributed by atoms with Crippen molar-refractivity contribution in [2.45, 2.75) is 11.8 Å². The maximum Gasteiger partial charge on any atom is 0.339 e. The molecule has 0 atom stereocenters. The van der Waals surface area contributed by atoms with Gasteiger partial charge >= 0.3 is 5.97 Å². The number of hydrogen-bond donors (Lipinski definition) is 1. The summed E-state index contributed by atoms with van der Waals surface area (Å²) < 4.78 is 6.97. The third kappa shape index (κ3) is 3.87. The molecule has 0 bridgehead atoms. The van der Waals surface area contributed by atoms with E-state index in [2.05, 4.69) is 4.98 Å². The first-order valence-electron chi connectivity index (χ1n) is 8.69. The summed E-state index contributed by atoms with van der Waals surface area (Å²) in [5.41, 5.74) is 1.95. The van der Waals surface area contributed by atoms with E-state index in [0.29, 0.717) is 16.9 Å². The first kappa shape index (κ1) is 19.5. The van der Waals surface area contributed by atoms with Gasteiger partial charge in [0.05, 0.1) is 16.6 Å². The van der Waals surface area contributed by atoms with Crippen molar-refractivity contribution in [2.24, 2.45) is 7.05 Å². The Morgan fingerprint density at radius 2 is 1.96 bits per heavy atom. The highest BCUT2D eigenvalue weighted by Gasteiger charge is 2.18. The van der Waals surface area contributed by atoms with Gasteiger partial charge in [-0.3, -0.25) is 0 Å². The van der Waals surface area contributed by atoms with Crippen molar-refractivity contribution in [1.82, 2.24) is 9.55 Å². The van der Waals surface area contributed by atoms with Crippen molar-refractivity contribution in [3.05, 3.63) is 65.7 Å². The molecule has 1 aromatic heterocycles. The molecule has 0 aliphatic carbocycles. The Labute approximate surface area is 167 Å². The van der Waals surface area contributed by atoms with E-state index in [4.69, 9.17) is 4.74 Å². The predicted molar refractivity (Wildman–Crippen MR) is 109 cm³/mol. The summed E-state index contributed by atoms with van der Waals surface area (Å²) in [7, 11) is 1.76. The Morgan fingerprint density at radius 3 is 2.68 bits per heavy atom. The van der Waals surface area contributed by atoms with E-state index in [9.17, 15) is 15.2 Å². The number of nitriles is 1. The Balaban J connectivity index is 1.84. The molecular weight excluding hydrogens is 374 g/mol. The van der Waals surface area contributed by atoms with Crippen LogP contribution in [0.2, 0.25) is 0 Å². The zero-order valence-corrected chi connectivity index (χ0v) is 16.4. The smallest absolute Gasteiger partial charge is 0.339 e. The van der Waals surface area contributed by atoms with Gasteiger partial charge in [-0.2, -0.15) is 5.26 Å². The number of fused-ring (bicyclic) bond motifs is 1. The highest BCUT2D eigenvalue weighted by Crippen LogP contribution is 2.24. The molecule has 0 radical (unpaired) electrons. The lowest BCUT2D eigenvalue weighted by Gasteiger charge is -2.09. The molecule has 28 heavy (non-hydrogen) atoms. The molecule has 0 saturated carbocycles. The largest absolute Gasteiger partial charge is 0.507 e. The molecule has 0 spiro atoms. The average Bonchev–Trinajstić information content (AvgIpc) is 3.04. The second-order valence-electron chi connectivity index (χ2n) is 5.92. The van der Waals surface area contributed by atoms with Gasteiger partial charge in [-0.1, -0.05) is 31.2 Å². The lowest BCUT2D eigenvalue weighted by molar-refractivity contribution is 0.0498. The number of allylic oxidation sites excluding steroid dienone is 1. The zero-order valence-electron chi connectivity index (χ0n) is 15.5. The quantitative estimate of drug-likeness (QED) is 0.290. The number of esters is 1. The molecule has 1 heterocycles. The van der Waals surface area contributed by atoms with E-state index >= 15 is 0 Å². The number of aryl methyl sites for hydroxylation is 1. The number of benzene rings is 2. The van der Waals surface area contributed by atoms with E-state index in [-0.39, 0.29) is 11.3 Å². The first-order valence-corrected chi connectivity index (χ1v) is 9.68. The fraction of sp³-hybridized carbons (Fsp3) is 0.190. The highest BCUT2D eigenvalue weighted by atomic mass is 32.2. The Morgan fingerprint density at radius 1 is 1.25 bits per heavy atom. The summed E-state index contributed by atoms with van der Waals surface area (Å²) >= 11 is 1.54. The number of aliphatic hydroxyl groups is 1. The highest BCUT2D eigenvalue weighted by molar-refractivity contribution is 7.99. The second kappa shape index (κ2) is 8.63. The Hall–Kier alpha value is -3.24. The SMILES string of the molecule is CCSc1ccccc1C(=O)OC/C(O)=C(\C#N)c1nc2ccccc2n1C. The van der Waals surface area contributed by atoms with E-state index in [1.165, 1.54) is 11.8 Å². The summed E-state index contributed by atoms with van der Waals surface area (Å²) in [4.78, 5) is 17.6. The van der Waals surface area contributed by atoms with Crippen LogP contribution in [0.1, 0.15) is 23.1 Å². The van der Waals surface area contributed by atoms with E-state index in [1.807, 2.05) is 49.4 Å².